The zero-order valence-electron chi connectivity index (χ0n) is 22.9. The lowest BCUT2D eigenvalue weighted by molar-refractivity contribution is -0.140. The number of halogens is 3. The van der Waals surface area contributed by atoms with Crippen LogP contribution in [0, 0.1) is 12.7 Å². The van der Waals surface area contributed by atoms with Gasteiger partial charge < -0.3 is 10.2 Å². The summed E-state index contributed by atoms with van der Waals surface area (Å²) in [6.45, 7) is 7.69. The fourth-order valence-electron chi connectivity index (χ4n) is 3.89. The van der Waals surface area contributed by atoms with Crippen LogP contribution in [0.25, 0.3) is 0 Å². The van der Waals surface area contributed by atoms with Crippen molar-refractivity contribution in [2.24, 2.45) is 0 Å². The summed E-state index contributed by atoms with van der Waals surface area (Å²) >= 11 is 12.6. The van der Waals surface area contributed by atoms with Gasteiger partial charge in [0, 0.05) is 22.7 Å². The number of hydrogen-bond donors (Lipinski definition) is 1. The van der Waals surface area contributed by atoms with Crippen molar-refractivity contribution in [3.8, 4) is 0 Å². The van der Waals surface area contributed by atoms with E-state index in [0.29, 0.717) is 0 Å². The molecule has 214 valence electrons. The molecule has 3 aromatic rings. The molecule has 0 spiro atoms. The van der Waals surface area contributed by atoms with Gasteiger partial charge in [0.05, 0.1) is 15.6 Å². The summed E-state index contributed by atoms with van der Waals surface area (Å²) in [4.78, 5) is 28.1. The minimum Gasteiger partial charge on any atom is -0.350 e. The fraction of sp³-hybridized carbons (Fsp3) is 0.310. The fourth-order valence-corrected chi connectivity index (χ4v) is 5.76. The Bertz CT molecular complexity index is 1490. The van der Waals surface area contributed by atoms with Gasteiger partial charge in [-0.1, -0.05) is 59.1 Å². The molecule has 1 N–H and O–H groups in total. The highest BCUT2D eigenvalue weighted by atomic mass is 35.5. The first-order valence-corrected chi connectivity index (χ1v) is 14.7. The molecular weight excluding hydrogens is 576 g/mol. The number of sulfonamides is 1. The molecule has 0 fully saturated rings. The molecule has 0 radical (unpaired) electrons. The van der Waals surface area contributed by atoms with Crippen LogP contribution in [0.3, 0.4) is 0 Å². The van der Waals surface area contributed by atoms with Gasteiger partial charge in [-0.2, -0.15) is 0 Å². The molecule has 1 atom stereocenters. The summed E-state index contributed by atoms with van der Waals surface area (Å²) in [5, 5.41) is 3.07. The first-order valence-electron chi connectivity index (χ1n) is 12.5. The Kier molecular flexibility index (Phi) is 9.87. The Morgan fingerprint density at radius 3 is 2.23 bits per heavy atom. The number of rotatable bonds is 9. The van der Waals surface area contributed by atoms with E-state index in [2.05, 4.69) is 5.32 Å². The quantitative estimate of drug-likeness (QED) is 0.325. The summed E-state index contributed by atoms with van der Waals surface area (Å²) in [5.41, 5.74) is 0.394. The van der Waals surface area contributed by atoms with Crippen LogP contribution in [-0.2, 0) is 26.2 Å². The third kappa shape index (κ3) is 7.74. The first kappa shape index (κ1) is 31.4. The number of nitrogens with zero attached hydrogens (tertiary/aromatic N) is 2. The van der Waals surface area contributed by atoms with Crippen LogP contribution in [0.2, 0.25) is 10.0 Å². The van der Waals surface area contributed by atoms with Gasteiger partial charge in [0.15, 0.2) is 0 Å². The van der Waals surface area contributed by atoms with E-state index in [9.17, 15) is 22.4 Å². The van der Waals surface area contributed by atoms with Gasteiger partial charge >= 0.3 is 0 Å². The summed E-state index contributed by atoms with van der Waals surface area (Å²) < 4.78 is 43.3. The van der Waals surface area contributed by atoms with Crippen LogP contribution in [-0.4, -0.2) is 43.3 Å². The molecular formula is C29H32Cl2FN3O4S. The predicted molar refractivity (Wildman–Crippen MR) is 156 cm³/mol. The average molecular weight is 609 g/mol. The second-order valence-electron chi connectivity index (χ2n) is 10.4. The van der Waals surface area contributed by atoms with E-state index < -0.39 is 45.8 Å². The third-order valence-corrected chi connectivity index (χ3v) is 8.36. The largest absolute Gasteiger partial charge is 0.350 e. The zero-order valence-corrected chi connectivity index (χ0v) is 25.2. The van der Waals surface area contributed by atoms with Gasteiger partial charge in [-0.3, -0.25) is 13.9 Å². The summed E-state index contributed by atoms with van der Waals surface area (Å²) in [6.07, 6.45) is 0. The molecule has 1 unspecified atom stereocenters. The maximum Gasteiger partial charge on any atom is 0.264 e. The van der Waals surface area contributed by atoms with E-state index in [1.165, 1.54) is 55.5 Å². The van der Waals surface area contributed by atoms with Crippen molar-refractivity contribution >= 4 is 50.7 Å². The highest BCUT2D eigenvalue weighted by Gasteiger charge is 2.34. The summed E-state index contributed by atoms with van der Waals surface area (Å²) in [6, 6.07) is 15.2. The second-order valence-corrected chi connectivity index (χ2v) is 13.2. The van der Waals surface area contributed by atoms with Gasteiger partial charge in [-0.25, -0.2) is 12.8 Å². The second kappa shape index (κ2) is 12.6. The Labute approximate surface area is 244 Å². The number of hydrogen-bond acceptors (Lipinski definition) is 4. The van der Waals surface area contributed by atoms with Crippen molar-refractivity contribution in [2.75, 3.05) is 10.8 Å². The number of aryl methyl sites for hydroxylation is 1. The highest BCUT2D eigenvalue weighted by Crippen LogP contribution is 2.33. The van der Waals surface area contributed by atoms with E-state index >= 15 is 0 Å². The molecule has 3 aromatic carbocycles. The lowest BCUT2D eigenvalue weighted by Gasteiger charge is -2.33. The molecule has 0 saturated heterocycles. The molecule has 0 saturated carbocycles. The number of carbonyl (C=O) groups is 2. The SMILES string of the molecule is Cc1ccc(S(=O)(=O)N(CC(=O)N(Cc2ccccc2F)C(C)C(=O)NC(C)(C)C)c2cc(Cl)ccc2Cl)cc1. The molecule has 0 aliphatic rings. The number of benzene rings is 3. The maximum atomic E-state index is 14.6. The molecule has 40 heavy (non-hydrogen) atoms. The Balaban J connectivity index is 2.09. The van der Waals surface area contributed by atoms with Gasteiger partial charge in [-0.15, -0.1) is 0 Å². The Morgan fingerprint density at radius 2 is 1.62 bits per heavy atom. The highest BCUT2D eigenvalue weighted by molar-refractivity contribution is 7.92. The lowest BCUT2D eigenvalue weighted by Crippen LogP contribution is -2.54. The van der Waals surface area contributed by atoms with Crippen LogP contribution < -0.4 is 9.62 Å². The van der Waals surface area contributed by atoms with Gasteiger partial charge in [0.1, 0.15) is 18.4 Å². The molecule has 2 amide bonds. The van der Waals surface area contributed by atoms with E-state index in [-0.39, 0.29) is 32.7 Å². The van der Waals surface area contributed by atoms with Gasteiger partial charge in [-0.05, 0) is 71.0 Å². The molecule has 0 heterocycles. The molecule has 7 nitrogen and oxygen atoms in total. The maximum absolute atomic E-state index is 14.6. The van der Waals surface area contributed by atoms with Crippen LogP contribution >= 0.6 is 23.2 Å². The average Bonchev–Trinajstić information content (AvgIpc) is 2.87. The van der Waals surface area contributed by atoms with Crippen molar-refractivity contribution in [1.29, 1.82) is 0 Å². The Morgan fingerprint density at radius 1 is 1.00 bits per heavy atom. The van der Waals surface area contributed by atoms with Gasteiger partial charge in [0.25, 0.3) is 10.0 Å². The van der Waals surface area contributed by atoms with E-state index in [4.69, 9.17) is 23.2 Å². The monoisotopic (exact) mass is 607 g/mol. The lowest BCUT2D eigenvalue weighted by atomic mass is 10.1. The van der Waals surface area contributed by atoms with Crippen LogP contribution in [0.4, 0.5) is 10.1 Å². The smallest absolute Gasteiger partial charge is 0.264 e. The Hall–Kier alpha value is -3.14. The van der Waals surface area contributed by atoms with Gasteiger partial charge in [0.2, 0.25) is 11.8 Å². The molecule has 3 rings (SSSR count). The number of anilines is 1. The predicted octanol–water partition coefficient (Wildman–Crippen LogP) is 5.97. The van der Waals surface area contributed by atoms with Crippen molar-refractivity contribution < 1.29 is 22.4 Å². The minimum atomic E-state index is -4.33. The van der Waals surface area contributed by atoms with Crippen molar-refractivity contribution in [3.63, 3.8) is 0 Å². The summed E-state index contributed by atoms with van der Waals surface area (Å²) in [7, 11) is -4.33. The van der Waals surface area contributed by atoms with Crippen LogP contribution in [0.5, 0.6) is 0 Å². The number of nitrogens with one attached hydrogen (secondary N) is 1. The topological polar surface area (TPSA) is 86.8 Å². The van der Waals surface area contributed by atoms with Crippen LogP contribution in [0.15, 0.2) is 71.6 Å². The normalized spacial score (nSPS) is 12.5. The number of amides is 2. The first-order chi connectivity index (χ1) is 18.6. The molecule has 0 aliphatic carbocycles. The summed E-state index contributed by atoms with van der Waals surface area (Å²) in [5.74, 6) is -1.79. The van der Waals surface area contributed by atoms with E-state index in [1.54, 1.807) is 39.0 Å². The molecule has 11 heteroatoms. The van der Waals surface area contributed by atoms with E-state index in [1.807, 2.05) is 6.92 Å². The van der Waals surface area contributed by atoms with Crippen molar-refractivity contribution in [1.82, 2.24) is 10.2 Å². The van der Waals surface area contributed by atoms with Crippen LogP contribution in [0.1, 0.15) is 38.8 Å². The third-order valence-electron chi connectivity index (χ3n) is 6.03. The minimum absolute atomic E-state index is 0.0132. The number of carbonyl (C=O) groups excluding carboxylic acids is 2. The van der Waals surface area contributed by atoms with Crippen molar-refractivity contribution in [3.05, 3.63) is 93.7 Å². The molecule has 0 bridgehead atoms. The molecule has 0 aromatic heterocycles. The van der Waals surface area contributed by atoms with Crippen molar-refractivity contribution in [2.45, 2.75) is 57.6 Å². The standard InChI is InChI=1S/C29H32Cl2FN3O4S/c1-19-10-13-23(14-11-19)40(38,39)35(26-16-22(30)12-15-24(26)31)18-27(36)34(17-21-8-6-7-9-25(21)32)20(2)28(37)33-29(3,4)5/h6-16,20H,17-18H2,1-5H3,(H,33,37). The van der Waals surface area contributed by atoms with E-state index in [0.717, 1.165) is 14.8 Å². The zero-order chi connectivity index (χ0) is 29.8. The molecule has 0 aliphatic heterocycles.